The minimum absolute atomic E-state index is 0.0965. The van der Waals surface area contributed by atoms with Crippen LogP contribution in [0.25, 0.3) is 0 Å². The third kappa shape index (κ3) is 4.06. The molecule has 0 radical (unpaired) electrons. The van der Waals surface area contributed by atoms with Gasteiger partial charge in [0.05, 0.1) is 22.3 Å². The van der Waals surface area contributed by atoms with E-state index in [0.29, 0.717) is 6.04 Å². The molecule has 0 aliphatic heterocycles. The van der Waals surface area contributed by atoms with Crippen LogP contribution in [0.4, 0.5) is 10.1 Å². The summed E-state index contributed by atoms with van der Waals surface area (Å²) in [6, 6.07) is 2.64. The van der Waals surface area contributed by atoms with Gasteiger partial charge in [0.2, 0.25) is 5.91 Å². The number of benzene rings is 1. The largest absolute Gasteiger partial charge is 0.322 e. The Bertz CT molecular complexity index is 453. The Morgan fingerprint density at radius 3 is 2.42 bits per heavy atom. The van der Waals surface area contributed by atoms with Gasteiger partial charge in [0.15, 0.2) is 0 Å². The molecule has 0 saturated heterocycles. The fourth-order valence-corrected chi connectivity index (χ4v) is 2.77. The van der Waals surface area contributed by atoms with Gasteiger partial charge in [-0.3, -0.25) is 4.79 Å². The first-order valence-corrected chi connectivity index (χ1v) is 6.99. The Labute approximate surface area is 121 Å². The molecule has 3 nitrogen and oxygen atoms in total. The van der Waals surface area contributed by atoms with Crippen molar-refractivity contribution in [3.63, 3.8) is 0 Å². The van der Waals surface area contributed by atoms with Crippen molar-refractivity contribution < 1.29 is 9.18 Å². The second kappa shape index (κ2) is 6.55. The lowest BCUT2D eigenvalue weighted by atomic mass is 10.2. The van der Waals surface area contributed by atoms with Gasteiger partial charge in [0, 0.05) is 6.04 Å². The average Bonchev–Trinajstić information content (AvgIpc) is 2.84. The standard InChI is InChI=1S/C13H15Cl2FN2O/c14-10-5-8(16)6-11(15)13(10)18-12(19)7-17-9-3-1-2-4-9/h5-6,9,17H,1-4,7H2,(H,18,19). The Hall–Kier alpha value is -0.840. The average molecular weight is 305 g/mol. The molecule has 2 N–H and O–H groups in total. The van der Waals surface area contributed by atoms with Gasteiger partial charge in [0.1, 0.15) is 5.82 Å². The first kappa shape index (κ1) is 14.6. The summed E-state index contributed by atoms with van der Waals surface area (Å²) in [6.07, 6.45) is 4.61. The molecule has 1 saturated carbocycles. The van der Waals surface area contributed by atoms with Crippen LogP contribution in [0, 0.1) is 5.82 Å². The molecule has 1 aliphatic carbocycles. The van der Waals surface area contributed by atoms with E-state index in [2.05, 4.69) is 10.6 Å². The van der Waals surface area contributed by atoms with Crippen LogP contribution < -0.4 is 10.6 Å². The monoisotopic (exact) mass is 304 g/mol. The van der Waals surface area contributed by atoms with Crippen LogP contribution in [-0.2, 0) is 4.79 Å². The number of rotatable bonds is 4. The van der Waals surface area contributed by atoms with Crippen molar-refractivity contribution in [2.24, 2.45) is 0 Å². The van der Waals surface area contributed by atoms with Crippen LogP contribution in [0.2, 0.25) is 10.0 Å². The molecule has 0 unspecified atom stereocenters. The highest BCUT2D eigenvalue weighted by Crippen LogP contribution is 2.31. The van der Waals surface area contributed by atoms with Crippen molar-refractivity contribution in [2.75, 3.05) is 11.9 Å². The molecule has 6 heteroatoms. The van der Waals surface area contributed by atoms with E-state index in [1.54, 1.807) is 0 Å². The van der Waals surface area contributed by atoms with E-state index in [4.69, 9.17) is 23.2 Å². The second-order valence-electron chi connectivity index (χ2n) is 4.65. The highest BCUT2D eigenvalue weighted by Gasteiger charge is 2.16. The number of anilines is 1. The molecule has 1 aromatic carbocycles. The predicted molar refractivity (Wildman–Crippen MR) is 75.3 cm³/mol. The van der Waals surface area contributed by atoms with Crippen LogP contribution in [0.3, 0.4) is 0 Å². The molecule has 0 heterocycles. The molecule has 104 valence electrons. The van der Waals surface area contributed by atoms with E-state index in [-0.39, 0.29) is 28.2 Å². The fourth-order valence-electron chi connectivity index (χ4n) is 2.21. The lowest BCUT2D eigenvalue weighted by Crippen LogP contribution is -2.34. The minimum atomic E-state index is -0.530. The Morgan fingerprint density at radius 2 is 1.84 bits per heavy atom. The molecule has 0 aromatic heterocycles. The molecule has 2 rings (SSSR count). The van der Waals surface area contributed by atoms with Crippen molar-refractivity contribution in [1.29, 1.82) is 0 Å². The fraction of sp³-hybridized carbons (Fsp3) is 0.462. The zero-order chi connectivity index (χ0) is 13.8. The van der Waals surface area contributed by atoms with Crippen molar-refractivity contribution >= 4 is 34.8 Å². The third-order valence-electron chi connectivity index (χ3n) is 3.18. The molecular weight excluding hydrogens is 290 g/mol. The maximum absolute atomic E-state index is 13.0. The van der Waals surface area contributed by atoms with E-state index in [1.165, 1.54) is 12.8 Å². The maximum Gasteiger partial charge on any atom is 0.238 e. The minimum Gasteiger partial charge on any atom is -0.322 e. The molecule has 19 heavy (non-hydrogen) atoms. The zero-order valence-corrected chi connectivity index (χ0v) is 11.8. The summed E-state index contributed by atoms with van der Waals surface area (Å²) in [5.41, 5.74) is 0.253. The summed E-state index contributed by atoms with van der Waals surface area (Å²) < 4.78 is 13.0. The van der Waals surface area contributed by atoms with E-state index in [0.717, 1.165) is 25.0 Å². The van der Waals surface area contributed by atoms with Crippen LogP contribution >= 0.6 is 23.2 Å². The molecule has 1 aliphatic rings. The summed E-state index contributed by atoms with van der Waals surface area (Å²) in [4.78, 5) is 11.8. The molecule has 0 spiro atoms. The van der Waals surface area contributed by atoms with Crippen LogP contribution in [0.5, 0.6) is 0 Å². The van der Waals surface area contributed by atoms with Crippen molar-refractivity contribution in [3.8, 4) is 0 Å². The molecule has 1 fully saturated rings. The van der Waals surface area contributed by atoms with Gasteiger partial charge >= 0.3 is 0 Å². The summed E-state index contributed by atoms with van der Waals surface area (Å²) in [7, 11) is 0. The number of carbonyl (C=O) groups excluding carboxylic acids is 1. The normalized spacial score (nSPS) is 15.7. The van der Waals surface area contributed by atoms with Gasteiger partial charge in [-0.25, -0.2) is 4.39 Å². The van der Waals surface area contributed by atoms with Gasteiger partial charge < -0.3 is 10.6 Å². The number of hydrogen-bond donors (Lipinski definition) is 2. The number of hydrogen-bond acceptors (Lipinski definition) is 2. The summed E-state index contributed by atoms with van der Waals surface area (Å²) in [5.74, 6) is -0.764. The van der Waals surface area contributed by atoms with Gasteiger partial charge in [0.25, 0.3) is 0 Å². The van der Waals surface area contributed by atoms with Crippen molar-refractivity contribution in [1.82, 2.24) is 5.32 Å². The lowest BCUT2D eigenvalue weighted by Gasteiger charge is -2.13. The van der Waals surface area contributed by atoms with Crippen molar-refractivity contribution in [3.05, 3.63) is 28.0 Å². The first-order valence-electron chi connectivity index (χ1n) is 6.24. The summed E-state index contributed by atoms with van der Waals surface area (Å²) >= 11 is 11.7. The van der Waals surface area contributed by atoms with Gasteiger partial charge in [-0.15, -0.1) is 0 Å². The Balaban J connectivity index is 1.91. The van der Waals surface area contributed by atoms with Gasteiger partial charge in [-0.2, -0.15) is 0 Å². The number of carbonyl (C=O) groups is 1. The Kier molecular flexibility index (Phi) is 5.02. The number of halogens is 3. The summed E-state index contributed by atoms with van der Waals surface area (Å²) in [5, 5.41) is 5.97. The number of amides is 1. The lowest BCUT2D eigenvalue weighted by molar-refractivity contribution is -0.115. The molecule has 0 bridgehead atoms. The van der Waals surface area contributed by atoms with E-state index in [9.17, 15) is 9.18 Å². The zero-order valence-electron chi connectivity index (χ0n) is 10.3. The molecule has 1 amide bonds. The highest BCUT2D eigenvalue weighted by molar-refractivity contribution is 6.39. The third-order valence-corrected chi connectivity index (χ3v) is 3.77. The molecular formula is C13H15Cl2FN2O. The molecule has 0 atom stereocenters. The van der Waals surface area contributed by atoms with Crippen LogP contribution in [0.15, 0.2) is 12.1 Å². The summed E-state index contributed by atoms with van der Waals surface area (Å²) in [6.45, 7) is 0.203. The Morgan fingerprint density at radius 1 is 1.26 bits per heavy atom. The number of nitrogens with one attached hydrogen (secondary N) is 2. The van der Waals surface area contributed by atoms with Crippen LogP contribution in [0.1, 0.15) is 25.7 Å². The predicted octanol–water partition coefficient (Wildman–Crippen LogP) is 3.60. The second-order valence-corrected chi connectivity index (χ2v) is 5.47. The van der Waals surface area contributed by atoms with Crippen LogP contribution in [-0.4, -0.2) is 18.5 Å². The van der Waals surface area contributed by atoms with E-state index in [1.807, 2.05) is 0 Å². The van der Waals surface area contributed by atoms with Crippen molar-refractivity contribution in [2.45, 2.75) is 31.7 Å². The highest BCUT2D eigenvalue weighted by atomic mass is 35.5. The van der Waals surface area contributed by atoms with Gasteiger partial charge in [-0.1, -0.05) is 36.0 Å². The quantitative estimate of drug-likeness (QED) is 0.892. The van der Waals surface area contributed by atoms with E-state index >= 15 is 0 Å². The topological polar surface area (TPSA) is 41.1 Å². The SMILES string of the molecule is O=C(CNC1CCCC1)Nc1c(Cl)cc(F)cc1Cl. The first-order chi connectivity index (χ1) is 9.06. The van der Waals surface area contributed by atoms with Gasteiger partial charge in [-0.05, 0) is 25.0 Å². The maximum atomic E-state index is 13.0. The van der Waals surface area contributed by atoms with E-state index < -0.39 is 5.82 Å². The molecule has 1 aromatic rings. The smallest absolute Gasteiger partial charge is 0.238 e.